The van der Waals surface area contributed by atoms with Gasteiger partial charge < -0.3 is 14.4 Å². The fourth-order valence-corrected chi connectivity index (χ4v) is 3.63. The van der Waals surface area contributed by atoms with Crippen molar-refractivity contribution in [3.05, 3.63) is 40.5 Å². The van der Waals surface area contributed by atoms with Crippen molar-refractivity contribution in [2.24, 2.45) is 0 Å². The molecule has 0 spiro atoms. The van der Waals surface area contributed by atoms with Gasteiger partial charge in [0.15, 0.2) is 0 Å². The fraction of sp³-hybridized carbons (Fsp3) is 0.600. The SMILES string of the molecule is [C-]#[N+]c1c(F)ccc([C@@H]2CN3CCN(C(=O)OC(C)(C)C)C[C@H]3CO2)c1C. The number of piperazine rings is 1. The van der Waals surface area contributed by atoms with Gasteiger partial charge in [0.1, 0.15) is 11.4 Å². The number of carbonyl (C=O) groups excluding carboxylic acids is 1. The van der Waals surface area contributed by atoms with Crippen molar-refractivity contribution in [1.29, 1.82) is 0 Å². The molecular formula is C20H26FN3O3. The van der Waals surface area contributed by atoms with Crippen molar-refractivity contribution < 1.29 is 18.7 Å². The molecule has 1 amide bonds. The summed E-state index contributed by atoms with van der Waals surface area (Å²) >= 11 is 0. The summed E-state index contributed by atoms with van der Waals surface area (Å²) in [5.74, 6) is -0.495. The maximum atomic E-state index is 13.8. The van der Waals surface area contributed by atoms with Crippen LogP contribution in [0.5, 0.6) is 0 Å². The van der Waals surface area contributed by atoms with Gasteiger partial charge in [0.05, 0.1) is 25.3 Å². The minimum atomic E-state index is -0.511. The van der Waals surface area contributed by atoms with Crippen molar-refractivity contribution in [3.8, 4) is 0 Å². The molecule has 0 bridgehead atoms. The lowest BCUT2D eigenvalue weighted by molar-refractivity contribution is -0.0908. The van der Waals surface area contributed by atoms with Gasteiger partial charge >= 0.3 is 6.09 Å². The number of nitrogens with zero attached hydrogens (tertiary/aromatic N) is 3. The molecule has 3 rings (SSSR count). The largest absolute Gasteiger partial charge is 0.444 e. The number of benzene rings is 1. The Bertz CT molecular complexity index is 769. The normalized spacial score (nSPS) is 23.5. The van der Waals surface area contributed by atoms with Gasteiger partial charge in [-0.25, -0.2) is 14.0 Å². The van der Waals surface area contributed by atoms with E-state index < -0.39 is 11.4 Å². The topological polar surface area (TPSA) is 46.4 Å². The molecule has 6 nitrogen and oxygen atoms in total. The average Bonchev–Trinajstić information content (AvgIpc) is 2.60. The van der Waals surface area contributed by atoms with Crippen LogP contribution in [0.3, 0.4) is 0 Å². The van der Waals surface area contributed by atoms with Crippen LogP contribution in [-0.4, -0.2) is 60.3 Å². The molecule has 0 N–H and O–H groups in total. The van der Waals surface area contributed by atoms with Crippen LogP contribution in [0.1, 0.15) is 38.0 Å². The monoisotopic (exact) mass is 375 g/mol. The summed E-state index contributed by atoms with van der Waals surface area (Å²) in [6.45, 7) is 17.6. The van der Waals surface area contributed by atoms with Crippen LogP contribution in [0.4, 0.5) is 14.9 Å². The maximum Gasteiger partial charge on any atom is 0.410 e. The first kappa shape index (κ1) is 19.6. The number of fused-ring (bicyclic) bond motifs is 1. The second-order valence-electron chi connectivity index (χ2n) is 8.12. The molecular weight excluding hydrogens is 349 g/mol. The molecule has 0 unspecified atom stereocenters. The number of hydrogen-bond donors (Lipinski definition) is 0. The molecule has 0 radical (unpaired) electrons. The van der Waals surface area contributed by atoms with E-state index in [2.05, 4.69) is 9.74 Å². The Morgan fingerprint density at radius 1 is 1.33 bits per heavy atom. The van der Waals surface area contributed by atoms with E-state index in [1.807, 2.05) is 20.8 Å². The Kier molecular flexibility index (Phi) is 5.41. The van der Waals surface area contributed by atoms with E-state index in [1.54, 1.807) is 17.9 Å². The van der Waals surface area contributed by atoms with Gasteiger partial charge in [-0.15, -0.1) is 0 Å². The molecule has 1 aromatic rings. The third-order valence-electron chi connectivity index (χ3n) is 5.03. The third kappa shape index (κ3) is 4.23. The van der Waals surface area contributed by atoms with Crippen LogP contribution in [0.25, 0.3) is 4.85 Å². The highest BCUT2D eigenvalue weighted by Gasteiger charge is 2.37. The van der Waals surface area contributed by atoms with Crippen molar-refractivity contribution in [2.45, 2.75) is 45.4 Å². The molecule has 2 aliphatic heterocycles. The zero-order chi connectivity index (χ0) is 19.8. The second-order valence-corrected chi connectivity index (χ2v) is 8.12. The summed E-state index contributed by atoms with van der Waals surface area (Å²) in [4.78, 5) is 19.6. The molecule has 7 heteroatoms. The molecule has 2 aliphatic rings. The summed E-state index contributed by atoms with van der Waals surface area (Å²) in [6, 6.07) is 3.16. The first-order valence-electron chi connectivity index (χ1n) is 9.19. The number of ether oxygens (including phenoxy) is 2. The molecule has 0 aromatic heterocycles. The van der Waals surface area contributed by atoms with Gasteiger partial charge in [0.2, 0.25) is 5.69 Å². The molecule has 2 heterocycles. The highest BCUT2D eigenvalue weighted by molar-refractivity contribution is 5.68. The minimum Gasteiger partial charge on any atom is -0.444 e. The maximum absolute atomic E-state index is 13.8. The molecule has 27 heavy (non-hydrogen) atoms. The molecule has 2 saturated heterocycles. The summed E-state index contributed by atoms with van der Waals surface area (Å²) in [7, 11) is 0. The van der Waals surface area contributed by atoms with Crippen LogP contribution in [0, 0.1) is 19.3 Å². The van der Waals surface area contributed by atoms with Gasteiger partial charge in [0.25, 0.3) is 0 Å². The number of rotatable bonds is 1. The predicted molar refractivity (Wildman–Crippen MR) is 99.3 cm³/mol. The van der Waals surface area contributed by atoms with Gasteiger partial charge in [0, 0.05) is 26.2 Å². The Morgan fingerprint density at radius 3 is 2.74 bits per heavy atom. The first-order chi connectivity index (χ1) is 12.7. The first-order valence-corrected chi connectivity index (χ1v) is 9.19. The van der Waals surface area contributed by atoms with Gasteiger partial charge in [-0.3, -0.25) is 4.90 Å². The van der Waals surface area contributed by atoms with E-state index in [0.29, 0.717) is 31.8 Å². The van der Waals surface area contributed by atoms with Crippen LogP contribution in [-0.2, 0) is 9.47 Å². The molecule has 1 aromatic carbocycles. The van der Waals surface area contributed by atoms with Crippen LogP contribution >= 0.6 is 0 Å². The van der Waals surface area contributed by atoms with Crippen LogP contribution in [0.2, 0.25) is 0 Å². The summed E-state index contributed by atoms with van der Waals surface area (Å²) in [6.07, 6.45) is -0.490. The number of morpholine rings is 1. The smallest absolute Gasteiger partial charge is 0.410 e. The Morgan fingerprint density at radius 2 is 2.07 bits per heavy atom. The lowest BCUT2D eigenvalue weighted by atomic mass is 9.98. The molecule has 146 valence electrons. The fourth-order valence-electron chi connectivity index (χ4n) is 3.63. The number of hydrogen-bond acceptors (Lipinski definition) is 4. The number of amides is 1. The van der Waals surface area contributed by atoms with Gasteiger partial charge in [-0.1, -0.05) is 6.07 Å². The van der Waals surface area contributed by atoms with Gasteiger partial charge in [-0.05, 0) is 44.9 Å². The van der Waals surface area contributed by atoms with Gasteiger partial charge in [-0.2, -0.15) is 0 Å². The zero-order valence-electron chi connectivity index (χ0n) is 16.3. The molecule has 2 atom stereocenters. The summed E-state index contributed by atoms with van der Waals surface area (Å²) in [5.41, 5.74) is 1.05. The van der Waals surface area contributed by atoms with Crippen LogP contribution < -0.4 is 0 Å². The van der Waals surface area contributed by atoms with Crippen molar-refractivity contribution in [1.82, 2.24) is 9.80 Å². The Balaban J connectivity index is 1.67. The van der Waals surface area contributed by atoms with Crippen molar-refractivity contribution in [3.63, 3.8) is 0 Å². The van der Waals surface area contributed by atoms with Crippen LogP contribution in [0.15, 0.2) is 12.1 Å². The van der Waals surface area contributed by atoms with E-state index in [-0.39, 0.29) is 23.9 Å². The number of carbonyl (C=O) groups is 1. The standard InChI is InChI=1S/C20H26FN3O3/c1-13-15(6-7-16(21)18(13)22-5)17-11-23-8-9-24(10-14(23)12-26-17)19(25)27-20(2,3)4/h6-7,14,17H,8-12H2,1-4H3/t14-,17-/m0/s1. The van der Waals surface area contributed by atoms with E-state index in [4.69, 9.17) is 16.0 Å². The summed E-state index contributed by atoms with van der Waals surface area (Å²) in [5, 5.41) is 0. The minimum absolute atomic E-state index is 0.0629. The predicted octanol–water partition coefficient (Wildman–Crippen LogP) is 3.68. The Labute approximate surface area is 159 Å². The lowest BCUT2D eigenvalue weighted by Gasteiger charge is -2.46. The highest BCUT2D eigenvalue weighted by atomic mass is 19.1. The molecule has 0 saturated carbocycles. The van der Waals surface area contributed by atoms with E-state index >= 15 is 0 Å². The molecule has 2 fully saturated rings. The second kappa shape index (κ2) is 7.45. The van der Waals surface area contributed by atoms with E-state index in [1.165, 1.54) is 6.07 Å². The van der Waals surface area contributed by atoms with E-state index in [0.717, 1.165) is 12.1 Å². The zero-order valence-corrected chi connectivity index (χ0v) is 16.3. The van der Waals surface area contributed by atoms with E-state index in [9.17, 15) is 9.18 Å². The third-order valence-corrected chi connectivity index (χ3v) is 5.03. The summed E-state index contributed by atoms with van der Waals surface area (Å²) < 4.78 is 25.3. The lowest BCUT2D eigenvalue weighted by Crippen LogP contribution is -2.60. The Hall–Kier alpha value is -2.17. The highest BCUT2D eigenvalue weighted by Crippen LogP contribution is 2.34. The van der Waals surface area contributed by atoms with Crippen molar-refractivity contribution in [2.75, 3.05) is 32.8 Å². The average molecular weight is 375 g/mol. The molecule has 0 aliphatic carbocycles. The quantitative estimate of drug-likeness (QED) is 0.703. The van der Waals surface area contributed by atoms with Crippen molar-refractivity contribution >= 4 is 11.8 Å². The number of halogens is 1.